The number of nitrogens with zero attached hydrogens (tertiary/aromatic N) is 2. The molecule has 4 nitrogen and oxygen atoms in total. The Balaban J connectivity index is 2.29. The summed E-state index contributed by atoms with van der Waals surface area (Å²) < 4.78 is 5.61. The van der Waals surface area contributed by atoms with Crippen LogP contribution in [0.5, 0.6) is 5.75 Å². The molecule has 1 unspecified atom stereocenters. The van der Waals surface area contributed by atoms with Gasteiger partial charge in [-0.2, -0.15) is 0 Å². The van der Waals surface area contributed by atoms with Crippen LogP contribution in [0.3, 0.4) is 0 Å². The molecule has 0 aliphatic rings. The topological polar surface area (TPSA) is 61.0 Å². The molecule has 1 atom stereocenters. The number of halogens is 1. The van der Waals surface area contributed by atoms with E-state index in [9.17, 15) is 0 Å². The van der Waals surface area contributed by atoms with Gasteiger partial charge in [-0.15, -0.1) is 0 Å². The molecule has 19 heavy (non-hydrogen) atoms. The van der Waals surface area contributed by atoms with E-state index >= 15 is 0 Å². The fourth-order valence-electron chi connectivity index (χ4n) is 1.76. The van der Waals surface area contributed by atoms with Crippen molar-refractivity contribution >= 4 is 11.6 Å². The molecule has 0 amide bonds. The number of aromatic nitrogens is 2. The van der Waals surface area contributed by atoms with Gasteiger partial charge in [-0.3, -0.25) is 9.97 Å². The highest BCUT2D eigenvalue weighted by Crippen LogP contribution is 2.27. The van der Waals surface area contributed by atoms with Gasteiger partial charge in [-0.05, 0) is 37.1 Å². The number of hydrogen-bond donors (Lipinski definition) is 1. The van der Waals surface area contributed by atoms with Gasteiger partial charge in [-0.25, -0.2) is 0 Å². The molecule has 0 fully saturated rings. The van der Waals surface area contributed by atoms with Crippen molar-refractivity contribution in [3.63, 3.8) is 0 Å². The lowest BCUT2D eigenvalue weighted by Crippen LogP contribution is -2.13. The smallest absolute Gasteiger partial charge is 0.138 e. The van der Waals surface area contributed by atoms with Crippen LogP contribution in [0.2, 0.25) is 5.02 Å². The standard InChI is InChI=1S/C14H16ClN3O/c1-9(2)19-11-5-10(6-18-7-11)14(16)12-3-4-17-8-13(12)15/h3-9,14H,16H2,1-2H3. The van der Waals surface area contributed by atoms with Crippen molar-refractivity contribution in [2.75, 3.05) is 0 Å². The van der Waals surface area contributed by atoms with Crippen molar-refractivity contribution in [3.05, 3.63) is 53.1 Å². The molecule has 0 bridgehead atoms. The summed E-state index contributed by atoms with van der Waals surface area (Å²) in [7, 11) is 0. The Kier molecular flexibility index (Phi) is 4.35. The van der Waals surface area contributed by atoms with Crippen LogP contribution in [-0.4, -0.2) is 16.1 Å². The maximum atomic E-state index is 6.21. The van der Waals surface area contributed by atoms with Crippen LogP contribution in [0, 0.1) is 0 Å². The van der Waals surface area contributed by atoms with Gasteiger partial charge in [0.15, 0.2) is 0 Å². The second-order valence-electron chi connectivity index (χ2n) is 4.50. The van der Waals surface area contributed by atoms with Gasteiger partial charge in [0.2, 0.25) is 0 Å². The predicted molar refractivity (Wildman–Crippen MR) is 75.3 cm³/mol. The predicted octanol–water partition coefficient (Wildman–Crippen LogP) is 2.97. The summed E-state index contributed by atoms with van der Waals surface area (Å²) >= 11 is 6.10. The average molecular weight is 278 g/mol. The molecule has 0 aliphatic carbocycles. The number of nitrogens with two attached hydrogens (primary N) is 1. The first-order valence-electron chi connectivity index (χ1n) is 6.04. The SMILES string of the molecule is CC(C)Oc1cncc(C(N)c2ccncc2Cl)c1. The second kappa shape index (κ2) is 5.99. The van der Waals surface area contributed by atoms with E-state index < -0.39 is 0 Å². The quantitative estimate of drug-likeness (QED) is 0.933. The third-order valence-corrected chi connectivity index (χ3v) is 2.92. The normalized spacial score (nSPS) is 12.5. The first-order valence-corrected chi connectivity index (χ1v) is 6.42. The van der Waals surface area contributed by atoms with Gasteiger partial charge in [0, 0.05) is 18.6 Å². The zero-order chi connectivity index (χ0) is 13.8. The fourth-order valence-corrected chi connectivity index (χ4v) is 2.00. The van der Waals surface area contributed by atoms with Crippen LogP contribution < -0.4 is 10.5 Å². The van der Waals surface area contributed by atoms with Crippen LogP contribution in [0.4, 0.5) is 0 Å². The van der Waals surface area contributed by atoms with Crippen LogP contribution in [0.25, 0.3) is 0 Å². The molecule has 0 spiro atoms. The average Bonchev–Trinajstić information content (AvgIpc) is 2.38. The van der Waals surface area contributed by atoms with Crippen molar-refractivity contribution in [3.8, 4) is 5.75 Å². The molecule has 2 N–H and O–H groups in total. The summed E-state index contributed by atoms with van der Waals surface area (Å²) in [5.74, 6) is 0.702. The Morgan fingerprint density at radius 3 is 2.68 bits per heavy atom. The first kappa shape index (κ1) is 13.8. The molecule has 0 aliphatic heterocycles. The number of rotatable bonds is 4. The fraction of sp³-hybridized carbons (Fsp3) is 0.286. The zero-order valence-corrected chi connectivity index (χ0v) is 11.6. The Bertz CT molecular complexity index is 560. The van der Waals surface area contributed by atoms with Gasteiger partial charge in [0.25, 0.3) is 0 Å². The molecule has 0 radical (unpaired) electrons. The van der Waals surface area contributed by atoms with E-state index in [-0.39, 0.29) is 12.1 Å². The van der Waals surface area contributed by atoms with Gasteiger partial charge in [0.05, 0.1) is 23.4 Å². The number of hydrogen-bond acceptors (Lipinski definition) is 4. The molecule has 5 heteroatoms. The molecule has 0 saturated carbocycles. The van der Waals surface area contributed by atoms with E-state index in [0.29, 0.717) is 10.8 Å². The molecular formula is C14H16ClN3O. The van der Waals surface area contributed by atoms with E-state index in [2.05, 4.69) is 9.97 Å². The van der Waals surface area contributed by atoms with Gasteiger partial charge >= 0.3 is 0 Å². The van der Waals surface area contributed by atoms with Crippen LogP contribution >= 0.6 is 11.6 Å². The first-order chi connectivity index (χ1) is 9.08. The summed E-state index contributed by atoms with van der Waals surface area (Å²) in [6, 6.07) is 3.34. The van der Waals surface area contributed by atoms with E-state index in [1.807, 2.05) is 26.0 Å². The Morgan fingerprint density at radius 2 is 2.00 bits per heavy atom. The summed E-state index contributed by atoms with van der Waals surface area (Å²) in [5.41, 5.74) is 7.88. The highest BCUT2D eigenvalue weighted by atomic mass is 35.5. The Morgan fingerprint density at radius 1 is 1.21 bits per heavy atom. The maximum Gasteiger partial charge on any atom is 0.138 e. The Hall–Kier alpha value is -1.65. The summed E-state index contributed by atoms with van der Waals surface area (Å²) in [5, 5.41) is 0.546. The van der Waals surface area contributed by atoms with E-state index in [1.165, 1.54) is 0 Å². The lowest BCUT2D eigenvalue weighted by molar-refractivity contribution is 0.241. The van der Waals surface area contributed by atoms with Crippen molar-refractivity contribution in [2.45, 2.75) is 26.0 Å². The van der Waals surface area contributed by atoms with Crippen molar-refractivity contribution < 1.29 is 4.74 Å². The highest BCUT2D eigenvalue weighted by Gasteiger charge is 2.13. The van der Waals surface area contributed by atoms with Gasteiger partial charge < -0.3 is 10.5 Å². The molecule has 0 saturated heterocycles. The molecular weight excluding hydrogens is 262 g/mol. The largest absolute Gasteiger partial charge is 0.489 e. The molecule has 0 aromatic carbocycles. The van der Waals surface area contributed by atoms with Crippen LogP contribution in [0.1, 0.15) is 31.0 Å². The van der Waals surface area contributed by atoms with Crippen LogP contribution in [0.15, 0.2) is 36.9 Å². The van der Waals surface area contributed by atoms with Crippen molar-refractivity contribution in [1.82, 2.24) is 9.97 Å². The summed E-state index contributed by atoms with van der Waals surface area (Å²) in [6.07, 6.45) is 6.73. The molecule has 2 aromatic heterocycles. The molecule has 100 valence electrons. The van der Waals surface area contributed by atoms with E-state index in [1.54, 1.807) is 24.8 Å². The maximum absolute atomic E-state index is 6.21. The zero-order valence-electron chi connectivity index (χ0n) is 10.9. The van der Waals surface area contributed by atoms with E-state index in [4.69, 9.17) is 22.1 Å². The third-order valence-electron chi connectivity index (χ3n) is 2.60. The van der Waals surface area contributed by atoms with Gasteiger partial charge in [0.1, 0.15) is 5.75 Å². The monoisotopic (exact) mass is 277 g/mol. The molecule has 2 rings (SSSR count). The minimum absolute atomic E-state index is 0.0952. The molecule has 2 heterocycles. The molecule has 2 aromatic rings. The van der Waals surface area contributed by atoms with Gasteiger partial charge in [-0.1, -0.05) is 11.6 Å². The van der Waals surface area contributed by atoms with Crippen LogP contribution in [-0.2, 0) is 0 Å². The third kappa shape index (κ3) is 3.43. The summed E-state index contributed by atoms with van der Waals surface area (Å²) in [6.45, 7) is 3.93. The Labute approximate surface area is 117 Å². The summed E-state index contributed by atoms with van der Waals surface area (Å²) in [4.78, 5) is 8.10. The highest BCUT2D eigenvalue weighted by molar-refractivity contribution is 6.31. The lowest BCUT2D eigenvalue weighted by atomic mass is 10.0. The number of pyridine rings is 2. The van der Waals surface area contributed by atoms with Crippen molar-refractivity contribution in [1.29, 1.82) is 0 Å². The number of ether oxygens (including phenoxy) is 1. The second-order valence-corrected chi connectivity index (χ2v) is 4.90. The van der Waals surface area contributed by atoms with E-state index in [0.717, 1.165) is 11.1 Å². The van der Waals surface area contributed by atoms with Crippen molar-refractivity contribution in [2.24, 2.45) is 5.73 Å². The minimum atomic E-state index is -0.348. The lowest BCUT2D eigenvalue weighted by Gasteiger charge is -2.15. The minimum Gasteiger partial charge on any atom is -0.489 e.